The van der Waals surface area contributed by atoms with E-state index >= 15 is 0 Å². The lowest BCUT2D eigenvalue weighted by Gasteiger charge is -2.29. The van der Waals surface area contributed by atoms with Crippen LogP contribution in [0.25, 0.3) is 0 Å². The average Bonchev–Trinajstić information content (AvgIpc) is 1.98. The van der Waals surface area contributed by atoms with E-state index in [4.69, 9.17) is 5.11 Å². The van der Waals surface area contributed by atoms with Crippen molar-refractivity contribution in [1.82, 2.24) is 0 Å². The molecule has 0 spiro atoms. The lowest BCUT2D eigenvalue weighted by molar-refractivity contribution is -0.231. The van der Waals surface area contributed by atoms with E-state index in [1.165, 1.54) is 6.08 Å². The van der Waals surface area contributed by atoms with Crippen LogP contribution in [0.5, 0.6) is 0 Å². The third-order valence-electron chi connectivity index (χ3n) is 1.93. The van der Waals surface area contributed by atoms with E-state index in [-0.39, 0.29) is 12.8 Å². The quantitative estimate of drug-likeness (QED) is 0.662. The molecule has 0 heterocycles. The zero-order chi connectivity index (χ0) is 9.83. The molecule has 0 bridgehead atoms. The molecule has 1 N–H and O–H groups in total. The molecule has 1 unspecified atom stereocenters. The van der Waals surface area contributed by atoms with Gasteiger partial charge in [-0.15, -0.1) is 6.58 Å². The van der Waals surface area contributed by atoms with Crippen molar-refractivity contribution in [3.05, 3.63) is 12.7 Å². The summed E-state index contributed by atoms with van der Waals surface area (Å²) in [5.41, 5.74) is -1.98. The maximum Gasteiger partial charge on any atom is 0.396 e. The fraction of sp³-hybridized carbons (Fsp3) is 0.750. The summed E-state index contributed by atoms with van der Waals surface area (Å²) in [6, 6.07) is 0. The maximum absolute atomic E-state index is 12.2. The molecule has 1 nitrogen and oxygen atoms in total. The Hall–Kier alpha value is -0.510. The first-order valence-electron chi connectivity index (χ1n) is 3.66. The molecular weight excluding hydrogens is 169 g/mol. The van der Waals surface area contributed by atoms with Crippen LogP contribution in [0.3, 0.4) is 0 Å². The Balaban J connectivity index is 4.34. The molecule has 0 rings (SSSR count). The van der Waals surface area contributed by atoms with Crippen LogP contribution in [0.15, 0.2) is 12.7 Å². The molecule has 0 aromatic carbocycles. The molecule has 0 aromatic heterocycles. The van der Waals surface area contributed by atoms with E-state index in [1.807, 2.05) is 0 Å². The normalized spacial score (nSPS) is 17.1. The first kappa shape index (κ1) is 11.5. The summed E-state index contributed by atoms with van der Waals surface area (Å²) in [5, 5.41) is 8.59. The van der Waals surface area contributed by atoms with E-state index in [1.54, 1.807) is 0 Å². The van der Waals surface area contributed by atoms with E-state index < -0.39 is 18.2 Å². The number of hydrogen-bond donors (Lipinski definition) is 1. The van der Waals surface area contributed by atoms with Gasteiger partial charge in [0.2, 0.25) is 0 Å². The molecule has 0 fully saturated rings. The Morgan fingerprint density at radius 1 is 1.42 bits per heavy atom. The van der Waals surface area contributed by atoms with Gasteiger partial charge in [-0.25, -0.2) is 0 Å². The second kappa shape index (κ2) is 3.94. The third kappa shape index (κ3) is 2.52. The summed E-state index contributed by atoms with van der Waals surface area (Å²) >= 11 is 0. The van der Waals surface area contributed by atoms with Gasteiger partial charge < -0.3 is 5.11 Å². The van der Waals surface area contributed by atoms with Gasteiger partial charge in [0.05, 0.1) is 12.0 Å². The number of hydrogen-bond acceptors (Lipinski definition) is 1. The van der Waals surface area contributed by atoms with Crippen LogP contribution in [0.2, 0.25) is 0 Å². The second-order valence-corrected chi connectivity index (χ2v) is 3.04. The Kier molecular flexibility index (Phi) is 3.77. The van der Waals surface area contributed by atoms with Crippen LogP contribution in [0, 0.1) is 5.41 Å². The van der Waals surface area contributed by atoms with E-state index in [9.17, 15) is 13.2 Å². The Morgan fingerprint density at radius 2 is 1.92 bits per heavy atom. The Bertz CT molecular complexity index is 153. The van der Waals surface area contributed by atoms with Crippen molar-refractivity contribution in [2.75, 3.05) is 6.61 Å². The van der Waals surface area contributed by atoms with E-state index in [0.29, 0.717) is 0 Å². The SMILES string of the molecule is C=CCCC(C)(CO)C(F)(F)F. The van der Waals surface area contributed by atoms with Crippen LogP contribution in [0.4, 0.5) is 13.2 Å². The number of rotatable bonds is 4. The van der Waals surface area contributed by atoms with Crippen molar-refractivity contribution in [3.63, 3.8) is 0 Å². The Morgan fingerprint density at radius 3 is 2.17 bits per heavy atom. The van der Waals surface area contributed by atoms with Gasteiger partial charge in [-0.3, -0.25) is 0 Å². The van der Waals surface area contributed by atoms with Crippen LogP contribution in [-0.2, 0) is 0 Å². The van der Waals surface area contributed by atoms with Crippen molar-refractivity contribution < 1.29 is 18.3 Å². The summed E-state index contributed by atoms with van der Waals surface area (Å²) in [4.78, 5) is 0. The van der Waals surface area contributed by atoms with Gasteiger partial charge >= 0.3 is 6.18 Å². The molecule has 0 amide bonds. The monoisotopic (exact) mass is 182 g/mol. The zero-order valence-electron chi connectivity index (χ0n) is 6.99. The number of aliphatic hydroxyl groups is 1. The maximum atomic E-state index is 12.2. The third-order valence-corrected chi connectivity index (χ3v) is 1.93. The van der Waals surface area contributed by atoms with Gasteiger partial charge in [0.1, 0.15) is 0 Å². The van der Waals surface area contributed by atoms with Crippen molar-refractivity contribution in [1.29, 1.82) is 0 Å². The molecule has 0 saturated carbocycles. The molecule has 0 aliphatic heterocycles. The van der Waals surface area contributed by atoms with Crippen molar-refractivity contribution in [2.45, 2.75) is 25.9 Å². The summed E-state index contributed by atoms with van der Waals surface area (Å²) < 4.78 is 36.7. The highest BCUT2D eigenvalue weighted by molar-refractivity contribution is 4.84. The highest BCUT2D eigenvalue weighted by Crippen LogP contribution is 2.41. The van der Waals surface area contributed by atoms with Gasteiger partial charge in [-0.1, -0.05) is 6.08 Å². The fourth-order valence-corrected chi connectivity index (χ4v) is 0.731. The highest BCUT2D eigenvalue weighted by Gasteiger charge is 2.49. The van der Waals surface area contributed by atoms with Gasteiger partial charge in [-0.2, -0.15) is 13.2 Å². The average molecular weight is 182 g/mol. The molecule has 1 atom stereocenters. The first-order chi connectivity index (χ1) is 5.37. The van der Waals surface area contributed by atoms with E-state index in [0.717, 1.165) is 6.92 Å². The highest BCUT2D eigenvalue weighted by atomic mass is 19.4. The summed E-state index contributed by atoms with van der Waals surface area (Å²) in [6.07, 6.45) is -2.78. The van der Waals surface area contributed by atoms with Crippen molar-refractivity contribution in [3.8, 4) is 0 Å². The number of allylic oxidation sites excluding steroid dienone is 1. The molecule has 0 radical (unpaired) electrons. The van der Waals surface area contributed by atoms with Crippen molar-refractivity contribution >= 4 is 0 Å². The molecule has 0 aliphatic rings. The molecule has 4 heteroatoms. The minimum atomic E-state index is -4.34. The molecule has 72 valence electrons. The Labute approximate surface area is 69.9 Å². The fourth-order valence-electron chi connectivity index (χ4n) is 0.731. The summed E-state index contributed by atoms with van der Waals surface area (Å²) in [6.45, 7) is 3.47. The summed E-state index contributed by atoms with van der Waals surface area (Å²) in [7, 11) is 0. The van der Waals surface area contributed by atoms with Gasteiger partial charge in [0.15, 0.2) is 0 Å². The van der Waals surface area contributed by atoms with Crippen LogP contribution in [-0.4, -0.2) is 17.9 Å². The molecule has 0 saturated heterocycles. The van der Waals surface area contributed by atoms with Crippen molar-refractivity contribution in [2.24, 2.45) is 5.41 Å². The van der Waals surface area contributed by atoms with Crippen LogP contribution >= 0.6 is 0 Å². The molecule has 0 aliphatic carbocycles. The van der Waals surface area contributed by atoms with Gasteiger partial charge in [-0.05, 0) is 19.8 Å². The predicted octanol–water partition coefficient (Wildman–Crippen LogP) is 2.51. The van der Waals surface area contributed by atoms with Gasteiger partial charge in [0.25, 0.3) is 0 Å². The largest absolute Gasteiger partial charge is 0.396 e. The van der Waals surface area contributed by atoms with Crippen LogP contribution in [0.1, 0.15) is 19.8 Å². The number of halogens is 3. The molecule has 12 heavy (non-hydrogen) atoms. The number of alkyl halides is 3. The topological polar surface area (TPSA) is 20.2 Å². The predicted molar refractivity (Wildman–Crippen MR) is 40.7 cm³/mol. The lowest BCUT2D eigenvalue weighted by Crippen LogP contribution is -2.38. The summed E-state index contributed by atoms with van der Waals surface area (Å²) in [5.74, 6) is 0. The minimum Gasteiger partial charge on any atom is -0.395 e. The van der Waals surface area contributed by atoms with Crippen LogP contribution < -0.4 is 0 Å². The van der Waals surface area contributed by atoms with Gasteiger partial charge in [0, 0.05) is 0 Å². The first-order valence-corrected chi connectivity index (χ1v) is 3.66. The number of aliphatic hydroxyl groups excluding tert-OH is 1. The van der Waals surface area contributed by atoms with E-state index in [2.05, 4.69) is 6.58 Å². The zero-order valence-corrected chi connectivity index (χ0v) is 6.99. The second-order valence-electron chi connectivity index (χ2n) is 3.04. The standard InChI is InChI=1S/C8H13F3O/c1-3-4-5-7(2,6-12)8(9,10)11/h3,12H,1,4-6H2,2H3. The molecular formula is C8H13F3O. The minimum absolute atomic E-state index is 0.115. The molecule has 0 aromatic rings. The lowest BCUT2D eigenvalue weighted by atomic mass is 9.85. The smallest absolute Gasteiger partial charge is 0.395 e.